The van der Waals surface area contributed by atoms with E-state index in [-0.39, 0.29) is 23.5 Å². The van der Waals surface area contributed by atoms with Gasteiger partial charge in [0.2, 0.25) is 15.9 Å². The van der Waals surface area contributed by atoms with Crippen molar-refractivity contribution < 1.29 is 18.1 Å². The molecule has 9 heteroatoms. The molecule has 162 valence electrons. The van der Waals surface area contributed by atoms with E-state index in [1.54, 1.807) is 0 Å². The van der Waals surface area contributed by atoms with Gasteiger partial charge in [0.15, 0.2) is 0 Å². The van der Waals surface area contributed by atoms with Crippen LogP contribution in [0.3, 0.4) is 0 Å². The number of rotatable bonds is 9. The van der Waals surface area contributed by atoms with E-state index in [4.69, 9.17) is 0 Å². The maximum Gasteiger partial charge on any atom is 0.274 e. The van der Waals surface area contributed by atoms with E-state index in [1.165, 1.54) is 25.1 Å². The summed E-state index contributed by atoms with van der Waals surface area (Å²) in [4.78, 5) is 23.2. The molecule has 2 aromatic carbocycles. The predicted molar refractivity (Wildman–Crippen MR) is 117 cm³/mol. The summed E-state index contributed by atoms with van der Waals surface area (Å²) in [6.45, 7) is 5.36. The number of nitrogens with one attached hydrogen (secondary N) is 1. The molecule has 1 N–H and O–H groups in total. The van der Waals surface area contributed by atoms with Crippen LogP contribution in [-0.2, 0) is 34.2 Å². The van der Waals surface area contributed by atoms with E-state index in [1.807, 2.05) is 19.1 Å². The van der Waals surface area contributed by atoms with Crippen LogP contribution < -0.4 is 9.62 Å². The molecule has 30 heavy (non-hydrogen) atoms. The second-order valence-electron chi connectivity index (χ2n) is 7.03. The highest BCUT2D eigenvalue weighted by molar-refractivity contribution is 7.92. The molecule has 0 heterocycles. The van der Waals surface area contributed by atoms with E-state index in [9.17, 15) is 23.3 Å². The zero-order valence-corrected chi connectivity index (χ0v) is 18.5. The van der Waals surface area contributed by atoms with Crippen molar-refractivity contribution in [3.8, 4) is 0 Å². The Bertz CT molecular complexity index is 1050. The Balaban J connectivity index is 2.24. The largest absolute Gasteiger partial charge is 0.350 e. The Morgan fingerprint density at radius 1 is 1.13 bits per heavy atom. The van der Waals surface area contributed by atoms with Crippen molar-refractivity contribution >= 4 is 27.3 Å². The summed E-state index contributed by atoms with van der Waals surface area (Å²) < 4.78 is 25.6. The van der Waals surface area contributed by atoms with Gasteiger partial charge in [0.05, 0.1) is 22.4 Å². The smallest absolute Gasteiger partial charge is 0.274 e. The zero-order valence-electron chi connectivity index (χ0n) is 17.6. The van der Waals surface area contributed by atoms with Crippen molar-refractivity contribution in [1.82, 2.24) is 5.32 Å². The third-order valence-electron chi connectivity index (χ3n) is 4.97. The molecule has 0 atom stereocenters. The number of aryl methyl sites for hydroxylation is 2. The normalized spacial score (nSPS) is 11.2. The van der Waals surface area contributed by atoms with Crippen LogP contribution in [0.1, 0.15) is 36.1 Å². The lowest BCUT2D eigenvalue weighted by molar-refractivity contribution is -0.385. The third-order valence-corrected chi connectivity index (χ3v) is 6.09. The summed E-state index contributed by atoms with van der Waals surface area (Å²) in [5.74, 6) is -0.490. The monoisotopic (exact) mass is 433 g/mol. The van der Waals surface area contributed by atoms with Crippen molar-refractivity contribution in [2.45, 2.75) is 40.2 Å². The Morgan fingerprint density at radius 2 is 1.83 bits per heavy atom. The second-order valence-corrected chi connectivity index (χ2v) is 8.94. The Hall–Kier alpha value is -2.94. The molecule has 0 aliphatic heterocycles. The lowest BCUT2D eigenvalue weighted by atomic mass is 10.0. The fraction of sp³-hybridized carbons (Fsp3) is 0.381. The quantitative estimate of drug-likeness (QED) is 0.483. The summed E-state index contributed by atoms with van der Waals surface area (Å²) in [5.41, 5.74) is 3.35. The lowest BCUT2D eigenvalue weighted by Gasteiger charge is -2.23. The van der Waals surface area contributed by atoms with Gasteiger partial charge in [-0.3, -0.25) is 19.2 Å². The van der Waals surface area contributed by atoms with Crippen molar-refractivity contribution in [2.24, 2.45) is 0 Å². The molecule has 0 radical (unpaired) electrons. The molecule has 0 spiro atoms. The molecule has 0 unspecified atom stereocenters. The highest BCUT2D eigenvalue weighted by Crippen LogP contribution is 2.29. The second kappa shape index (κ2) is 9.71. The molecular weight excluding hydrogens is 406 g/mol. The summed E-state index contributed by atoms with van der Waals surface area (Å²) >= 11 is 0. The van der Waals surface area contributed by atoms with Gasteiger partial charge in [-0.05, 0) is 42.5 Å². The molecule has 0 aliphatic carbocycles. The van der Waals surface area contributed by atoms with E-state index in [0.29, 0.717) is 0 Å². The highest BCUT2D eigenvalue weighted by atomic mass is 32.2. The van der Waals surface area contributed by atoms with Gasteiger partial charge >= 0.3 is 0 Å². The molecule has 2 aromatic rings. The summed E-state index contributed by atoms with van der Waals surface area (Å²) in [7, 11) is -3.83. The van der Waals surface area contributed by atoms with E-state index in [0.717, 1.165) is 40.1 Å². The fourth-order valence-corrected chi connectivity index (χ4v) is 4.16. The summed E-state index contributed by atoms with van der Waals surface area (Å²) in [5, 5.41) is 14.0. The first-order valence-corrected chi connectivity index (χ1v) is 11.5. The van der Waals surface area contributed by atoms with Crippen LogP contribution in [0, 0.1) is 17.0 Å². The molecule has 0 saturated carbocycles. The van der Waals surface area contributed by atoms with Gasteiger partial charge in [-0.1, -0.05) is 38.1 Å². The van der Waals surface area contributed by atoms with Gasteiger partial charge in [-0.15, -0.1) is 0 Å². The number of carbonyl (C=O) groups excluding carboxylic acids is 1. The molecule has 0 aromatic heterocycles. The number of benzene rings is 2. The first-order chi connectivity index (χ1) is 14.1. The molecule has 0 bridgehead atoms. The van der Waals surface area contributed by atoms with Crippen LogP contribution in [0.4, 0.5) is 11.4 Å². The summed E-state index contributed by atoms with van der Waals surface area (Å²) in [6, 6.07) is 10.3. The van der Waals surface area contributed by atoms with Crippen LogP contribution in [0.5, 0.6) is 0 Å². The average molecular weight is 434 g/mol. The maximum absolute atomic E-state index is 12.6. The number of nitrogens with zero attached hydrogens (tertiary/aromatic N) is 2. The minimum Gasteiger partial charge on any atom is -0.350 e. The number of anilines is 1. The summed E-state index contributed by atoms with van der Waals surface area (Å²) in [6.07, 6.45) is 2.66. The number of hydrogen-bond donors (Lipinski definition) is 1. The lowest BCUT2D eigenvalue weighted by Crippen LogP contribution is -2.40. The van der Waals surface area contributed by atoms with Crippen molar-refractivity contribution in [3.05, 3.63) is 68.8 Å². The van der Waals surface area contributed by atoms with Crippen molar-refractivity contribution in [1.29, 1.82) is 0 Å². The van der Waals surface area contributed by atoms with Gasteiger partial charge in [0.25, 0.3) is 5.69 Å². The average Bonchev–Trinajstić information content (AvgIpc) is 2.69. The number of amides is 1. The van der Waals surface area contributed by atoms with Gasteiger partial charge in [0, 0.05) is 12.6 Å². The van der Waals surface area contributed by atoms with E-state index >= 15 is 0 Å². The highest BCUT2D eigenvalue weighted by Gasteiger charge is 2.25. The Morgan fingerprint density at radius 3 is 2.40 bits per heavy atom. The topological polar surface area (TPSA) is 110 Å². The molecular formula is C21H27N3O5S. The standard InChI is InChI=1S/C21H27N3O5S/c1-5-16-10-11-17(6-2)18(12-16)13-22-21(25)14-23(30(4,28)29)19-8-7-9-20(15(19)3)24(26)27/h7-12H,5-6,13-14H2,1-4H3,(H,22,25). The van der Waals surface area contributed by atoms with Crippen LogP contribution in [0.15, 0.2) is 36.4 Å². The van der Waals surface area contributed by atoms with Crippen LogP contribution in [0.2, 0.25) is 0 Å². The molecule has 8 nitrogen and oxygen atoms in total. The zero-order chi connectivity index (χ0) is 22.5. The molecule has 0 saturated heterocycles. The first-order valence-electron chi connectivity index (χ1n) is 9.67. The molecule has 0 aliphatic rings. The molecule has 1 amide bonds. The Labute approximate surface area is 177 Å². The minimum absolute atomic E-state index is 0.115. The maximum atomic E-state index is 12.6. The Kier molecular flexibility index (Phi) is 7.55. The van der Waals surface area contributed by atoms with E-state index in [2.05, 4.69) is 18.3 Å². The first kappa shape index (κ1) is 23.3. The number of nitro benzene ring substituents is 1. The number of carbonyl (C=O) groups is 1. The van der Waals surface area contributed by atoms with Gasteiger partial charge < -0.3 is 5.32 Å². The van der Waals surface area contributed by atoms with Crippen molar-refractivity contribution in [2.75, 3.05) is 17.1 Å². The van der Waals surface area contributed by atoms with Gasteiger partial charge in [-0.25, -0.2) is 8.42 Å². The van der Waals surface area contributed by atoms with Crippen LogP contribution >= 0.6 is 0 Å². The molecule has 2 rings (SSSR count). The predicted octanol–water partition coefficient (Wildman–Crippen LogP) is 3.11. The third kappa shape index (κ3) is 5.56. The fourth-order valence-electron chi connectivity index (χ4n) is 3.25. The van der Waals surface area contributed by atoms with Gasteiger partial charge in [0.1, 0.15) is 6.54 Å². The SMILES string of the molecule is CCc1ccc(CC)c(CNC(=O)CN(c2cccc([N+](=O)[O-])c2C)S(C)(=O)=O)c1. The van der Waals surface area contributed by atoms with E-state index < -0.39 is 27.4 Å². The number of hydrogen-bond acceptors (Lipinski definition) is 5. The van der Waals surface area contributed by atoms with Crippen LogP contribution in [-0.4, -0.2) is 32.0 Å². The van der Waals surface area contributed by atoms with Crippen molar-refractivity contribution in [3.63, 3.8) is 0 Å². The van der Waals surface area contributed by atoms with Crippen LogP contribution in [0.25, 0.3) is 0 Å². The minimum atomic E-state index is -3.83. The van der Waals surface area contributed by atoms with Gasteiger partial charge in [-0.2, -0.15) is 0 Å². The number of nitro groups is 1. The number of sulfonamides is 1. The molecule has 0 fully saturated rings.